The lowest BCUT2D eigenvalue weighted by atomic mass is 9.95. The number of benzene rings is 3. The second-order valence-electron chi connectivity index (χ2n) is 11.1. The molecule has 1 N–H and O–H groups in total. The molecule has 42 heavy (non-hydrogen) atoms. The van der Waals surface area contributed by atoms with Gasteiger partial charge in [0.05, 0.1) is 17.7 Å². The number of carbonyl (C=O) groups excluding carboxylic acids is 2. The van der Waals surface area contributed by atoms with Crippen molar-refractivity contribution in [3.05, 3.63) is 89.5 Å². The number of ether oxygens (including phenoxy) is 1. The van der Waals surface area contributed by atoms with Crippen LogP contribution in [0.5, 0.6) is 5.75 Å². The molecular formula is C33H41N3O5S. The monoisotopic (exact) mass is 591 g/mol. The molecule has 0 bridgehead atoms. The van der Waals surface area contributed by atoms with Gasteiger partial charge in [-0.3, -0.25) is 13.9 Å². The van der Waals surface area contributed by atoms with E-state index in [9.17, 15) is 18.0 Å². The summed E-state index contributed by atoms with van der Waals surface area (Å²) in [5, 5.41) is 3.13. The Labute approximate surface area is 249 Å². The molecule has 1 atom stereocenters. The Morgan fingerprint density at radius 2 is 1.55 bits per heavy atom. The molecule has 0 radical (unpaired) electrons. The number of nitrogens with zero attached hydrogens (tertiary/aromatic N) is 2. The minimum Gasteiger partial charge on any atom is -0.497 e. The van der Waals surface area contributed by atoms with E-state index in [0.717, 1.165) is 53.1 Å². The molecule has 0 unspecified atom stereocenters. The Kier molecular flexibility index (Phi) is 10.3. The fourth-order valence-electron chi connectivity index (χ4n) is 5.20. The molecule has 0 aliphatic heterocycles. The molecule has 9 heteroatoms. The molecule has 4 rings (SSSR count). The molecular weight excluding hydrogens is 550 g/mol. The topological polar surface area (TPSA) is 96.0 Å². The van der Waals surface area contributed by atoms with Gasteiger partial charge < -0.3 is 15.0 Å². The Hall–Kier alpha value is -3.85. The van der Waals surface area contributed by atoms with Gasteiger partial charge in [-0.25, -0.2) is 8.42 Å². The van der Waals surface area contributed by atoms with Crippen LogP contribution in [-0.2, 0) is 26.2 Å². The van der Waals surface area contributed by atoms with Crippen LogP contribution in [-0.4, -0.2) is 50.9 Å². The van der Waals surface area contributed by atoms with E-state index in [1.165, 1.54) is 4.90 Å². The summed E-state index contributed by atoms with van der Waals surface area (Å²) < 4.78 is 34.4. The number of hydrogen-bond acceptors (Lipinski definition) is 5. The molecule has 0 saturated heterocycles. The Morgan fingerprint density at radius 3 is 2.17 bits per heavy atom. The van der Waals surface area contributed by atoms with Gasteiger partial charge >= 0.3 is 0 Å². The Morgan fingerprint density at radius 1 is 0.929 bits per heavy atom. The number of anilines is 1. The lowest BCUT2D eigenvalue weighted by Crippen LogP contribution is -2.53. The third-order valence-electron chi connectivity index (χ3n) is 7.82. The van der Waals surface area contributed by atoms with E-state index in [2.05, 4.69) is 5.32 Å². The van der Waals surface area contributed by atoms with Crippen LogP contribution >= 0.6 is 0 Å². The molecule has 2 amide bonds. The van der Waals surface area contributed by atoms with Crippen molar-refractivity contribution in [2.75, 3.05) is 18.0 Å². The normalized spacial score (nSPS) is 14.6. The highest BCUT2D eigenvalue weighted by atomic mass is 32.2. The molecule has 1 aliphatic rings. The van der Waals surface area contributed by atoms with Crippen molar-refractivity contribution in [3.8, 4) is 5.75 Å². The summed E-state index contributed by atoms with van der Waals surface area (Å²) in [7, 11) is -2.53. The summed E-state index contributed by atoms with van der Waals surface area (Å²) in [6, 6.07) is 20.1. The van der Waals surface area contributed by atoms with Crippen molar-refractivity contribution in [2.45, 2.75) is 76.4 Å². The average Bonchev–Trinajstić information content (AvgIpc) is 2.99. The fourth-order valence-corrected chi connectivity index (χ4v) is 6.61. The van der Waals surface area contributed by atoms with Crippen LogP contribution in [0, 0.1) is 13.8 Å². The van der Waals surface area contributed by atoms with Crippen LogP contribution in [0.2, 0.25) is 0 Å². The lowest BCUT2D eigenvalue weighted by Gasteiger charge is -2.33. The molecule has 3 aromatic rings. The number of nitrogens with one attached hydrogen (secondary N) is 1. The van der Waals surface area contributed by atoms with E-state index in [0.29, 0.717) is 11.4 Å². The van der Waals surface area contributed by atoms with Crippen molar-refractivity contribution < 1.29 is 22.7 Å². The molecule has 1 aliphatic carbocycles. The number of aryl methyl sites for hydroxylation is 2. The maximum absolute atomic E-state index is 14.1. The highest BCUT2D eigenvalue weighted by molar-refractivity contribution is 7.92. The zero-order chi connectivity index (χ0) is 30.3. The standard InChI is InChI=1S/C33H41N3O5S/c1-24-13-17-29(18-14-24)36(42(39,40)31-19-15-25(2)16-20-31)23-32(37)35(22-27-9-8-12-30(21-27)41-4)26(3)33(38)34-28-10-6-5-7-11-28/h8-9,12-21,26,28H,5-7,10-11,22-23H2,1-4H3,(H,34,38)/t26-/m1/s1. The summed E-state index contributed by atoms with van der Waals surface area (Å²) in [5.41, 5.74) is 3.03. The number of methoxy groups -OCH3 is 1. The first kappa shape index (κ1) is 31.1. The van der Waals surface area contributed by atoms with E-state index in [4.69, 9.17) is 4.74 Å². The first-order valence-corrected chi connectivity index (χ1v) is 15.9. The highest BCUT2D eigenvalue weighted by Gasteiger charge is 2.33. The fraction of sp³-hybridized carbons (Fsp3) is 0.394. The predicted octanol–water partition coefficient (Wildman–Crippen LogP) is 5.37. The Bertz CT molecular complexity index is 1470. The van der Waals surface area contributed by atoms with Gasteiger partial charge in [0.1, 0.15) is 18.3 Å². The van der Waals surface area contributed by atoms with E-state index in [-0.39, 0.29) is 23.4 Å². The highest BCUT2D eigenvalue weighted by Crippen LogP contribution is 2.26. The Balaban J connectivity index is 1.68. The van der Waals surface area contributed by atoms with Gasteiger partial charge in [-0.15, -0.1) is 0 Å². The first-order chi connectivity index (χ1) is 20.1. The quantitative estimate of drug-likeness (QED) is 0.323. The number of carbonyl (C=O) groups is 2. The number of sulfonamides is 1. The number of rotatable bonds is 11. The van der Waals surface area contributed by atoms with Gasteiger partial charge in [-0.05, 0) is 75.6 Å². The SMILES string of the molecule is COc1cccc(CN(C(=O)CN(c2ccc(C)cc2)S(=O)(=O)c2ccc(C)cc2)[C@H](C)C(=O)NC2CCCCC2)c1. The van der Waals surface area contributed by atoms with Crippen LogP contribution in [0.1, 0.15) is 55.7 Å². The minimum absolute atomic E-state index is 0.0773. The summed E-state index contributed by atoms with van der Waals surface area (Å²) in [6.45, 7) is 5.14. The summed E-state index contributed by atoms with van der Waals surface area (Å²) in [6.07, 6.45) is 5.12. The number of hydrogen-bond donors (Lipinski definition) is 1. The van der Waals surface area contributed by atoms with Crippen LogP contribution in [0.4, 0.5) is 5.69 Å². The van der Waals surface area contributed by atoms with Crippen LogP contribution in [0.15, 0.2) is 77.7 Å². The first-order valence-electron chi connectivity index (χ1n) is 14.5. The van der Waals surface area contributed by atoms with Crippen LogP contribution in [0.3, 0.4) is 0 Å². The third-order valence-corrected chi connectivity index (χ3v) is 9.60. The predicted molar refractivity (Wildman–Crippen MR) is 165 cm³/mol. The maximum atomic E-state index is 14.1. The van der Waals surface area contributed by atoms with Crippen molar-refractivity contribution in [3.63, 3.8) is 0 Å². The minimum atomic E-state index is -4.10. The van der Waals surface area contributed by atoms with Crippen molar-refractivity contribution in [1.82, 2.24) is 10.2 Å². The van der Waals surface area contributed by atoms with E-state index in [1.54, 1.807) is 50.4 Å². The van der Waals surface area contributed by atoms with Crippen molar-refractivity contribution in [2.24, 2.45) is 0 Å². The van der Waals surface area contributed by atoms with Gasteiger partial charge in [0.2, 0.25) is 11.8 Å². The second kappa shape index (κ2) is 13.9. The zero-order valence-electron chi connectivity index (χ0n) is 24.9. The van der Waals surface area contributed by atoms with Crippen LogP contribution in [0.25, 0.3) is 0 Å². The molecule has 0 aromatic heterocycles. The maximum Gasteiger partial charge on any atom is 0.264 e. The van der Waals surface area contributed by atoms with Gasteiger partial charge in [-0.1, -0.05) is 66.8 Å². The molecule has 3 aromatic carbocycles. The molecule has 0 spiro atoms. The zero-order valence-corrected chi connectivity index (χ0v) is 25.7. The molecule has 1 fully saturated rings. The van der Waals surface area contributed by atoms with Crippen molar-refractivity contribution >= 4 is 27.5 Å². The lowest BCUT2D eigenvalue weighted by molar-refractivity contribution is -0.139. The molecule has 1 saturated carbocycles. The van der Waals surface area contributed by atoms with Gasteiger partial charge in [0.25, 0.3) is 10.0 Å². The van der Waals surface area contributed by atoms with E-state index in [1.807, 2.05) is 50.2 Å². The van der Waals surface area contributed by atoms with Gasteiger partial charge in [0.15, 0.2) is 0 Å². The summed E-state index contributed by atoms with van der Waals surface area (Å²) in [5.74, 6) is -0.107. The van der Waals surface area contributed by atoms with E-state index >= 15 is 0 Å². The second-order valence-corrected chi connectivity index (χ2v) is 12.9. The third kappa shape index (κ3) is 7.70. The van der Waals surface area contributed by atoms with Gasteiger partial charge in [0, 0.05) is 12.6 Å². The van der Waals surface area contributed by atoms with Crippen molar-refractivity contribution in [1.29, 1.82) is 0 Å². The summed E-state index contributed by atoms with van der Waals surface area (Å²) in [4.78, 5) is 29.1. The molecule has 224 valence electrons. The molecule has 0 heterocycles. The summed E-state index contributed by atoms with van der Waals surface area (Å²) >= 11 is 0. The smallest absolute Gasteiger partial charge is 0.264 e. The largest absolute Gasteiger partial charge is 0.497 e. The number of amides is 2. The van der Waals surface area contributed by atoms with Gasteiger partial charge in [-0.2, -0.15) is 0 Å². The average molecular weight is 592 g/mol. The molecule has 8 nitrogen and oxygen atoms in total. The van der Waals surface area contributed by atoms with E-state index < -0.39 is 28.5 Å². The van der Waals surface area contributed by atoms with Crippen LogP contribution < -0.4 is 14.4 Å².